The topological polar surface area (TPSA) is 34.2 Å². The van der Waals surface area contributed by atoms with Crippen molar-refractivity contribution in [1.82, 2.24) is 4.90 Å². The molecule has 2 aliphatic rings. The molecule has 0 radical (unpaired) electrons. The van der Waals surface area contributed by atoms with Gasteiger partial charge in [0, 0.05) is 39.5 Å². The number of nitrogens with zero attached hydrogens (tertiary/aromatic N) is 2. The average Bonchev–Trinajstić information content (AvgIpc) is 3.29. The second kappa shape index (κ2) is 12.0. The van der Waals surface area contributed by atoms with E-state index in [1.54, 1.807) is 14.2 Å². The summed E-state index contributed by atoms with van der Waals surface area (Å²) in [5.41, 5.74) is 5.32. The van der Waals surface area contributed by atoms with Crippen LogP contribution in [0.25, 0.3) is 0 Å². The molecule has 2 aromatic carbocycles. The molecule has 0 aliphatic carbocycles. The number of ether oxygens (including phenoxy) is 3. The predicted octanol–water partition coefficient (Wildman–Crippen LogP) is 4.88. The SMILES string of the molecule is C=C(C)CCOCC(CN1c2ccccc2CCC1c1ccccc1)N1CC(OC)C(OC)C1. The Balaban J connectivity index is 1.59. The highest BCUT2D eigenvalue weighted by atomic mass is 16.5. The Hall–Kier alpha value is -2.18. The number of fused-ring (bicyclic) bond motifs is 1. The Kier molecular flexibility index (Phi) is 8.79. The van der Waals surface area contributed by atoms with Gasteiger partial charge in [0.1, 0.15) is 0 Å². The van der Waals surface area contributed by atoms with Crippen LogP contribution in [0.5, 0.6) is 0 Å². The van der Waals surface area contributed by atoms with Crippen molar-refractivity contribution in [2.45, 2.75) is 50.5 Å². The first-order valence-corrected chi connectivity index (χ1v) is 12.5. The van der Waals surface area contributed by atoms with E-state index in [0.29, 0.717) is 19.3 Å². The molecule has 5 heteroatoms. The zero-order chi connectivity index (χ0) is 23.9. The summed E-state index contributed by atoms with van der Waals surface area (Å²) in [7, 11) is 3.57. The summed E-state index contributed by atoms with van der Waals surface area (Å²) in [6, 6.07) is 20.4. The van der Waals surface area contributed by atoms with E-state index in [1.165, 1.54) is 16.8 Å². The predicted molar refractivity (Wildman–Crippen MR) is 138 cm³/mol. The summed E-state index contributed by atoms with van der Waals surface area (Å²) in [6.45, 7) is 10.1. The highest BCUT2D eigenvalue weighted by Gasteiger charge is 2.38. The Morgan fingerprint density at radius 1 is 1.00 bits per heavy atom. The third-order valence-corrected chi connectivity index (χ3v) is 7.31. The minimum atomic E-state index is 0.0847. The number of rotatable bonds is 11. The number of methoxy groups -OCH3 is 2. The number of hydrogen-bond acceptors (Lipinski definition) is 5. The molecule has 4 atom stereocenters. The van der Waals surface area contributed by atoms with E-state index in [2.05, 4.69) is 77.9 Å². The molecule has 34 heavy (non-hydrogen) atoms. The number of aryl methyl sites for hydroxylation is 1. The van der Waals surface area contributed by atoms with Crippen LogP contribution < -0.4 is 4.90 Å². The molecule has 0 amide bonds. The normalized spacial score (nSPS) is 23.6. The molecule has 2 aromatic rings. The first-order valence-electron chi connectivity index (χ1n) is 12.5. The van der Waals surface area contributed by atoms with Crippen molar-refractivity contribution < 1.29 is 14.2 Å². The van der Waals surface area contributed by atoms with E-state index in [-0.39, 0.29) is 18.2 Å². The second-order valence-corrected chi connectivity index (χ2v) is 9.68. The van der Waals surface area contributed by atoms with Crippen molar-refractivity contribution >= 4 is 5.69 Å². The Bertz CT molecular complexity index is 907. The third-order valence-electron chi connectivity index (χ3n) is 7.31. The highest BCUT2D eigenvalue weighted by Crippen LogP contribution is 2.39. The molecule has 2 aliphatic heterocycles. The van der Waals surface area contributed by atoms with E-state index in [0.717, 1.165) is 44.5 Å². The van der Waals surface area contributed by atoms with Crippen molar-refractivity contribution in [3.8, 4) is 0 Å². The van der Waals surface area contributed by atoms with Gasteiger partial charge in [-0.3, -0.25) is 4.90 Å². The van der Waals surface area contributed by atoms with Crippen molar-refractivity contribution in [1.29, 1.82) is 0 Å². The Labute approximate surface area is 205 Å². The average molecular weight is 465 g/mol. The van der Waals surface area contributed by atoms with Gasteiger partial charge >= 0.3 is 0 Å². The molecule has 2 heterocycles. The van der Waals surface area contributed by atoms with Crippen LogP contribution in [-0.4, -0.2) is 70.2 Å². The Morgan fingerprint density at radius 2 is 1.68 bits per heavy atom. The van der Waals surface area contributed by atoms with Crippen molar-refractivity contribution in [2.75, 3.05) is 52.0 Å². The van der Waals surface area contributed by atoms with Crippen LogP contribution >= 0.6 is 0 Å². The lowest BCUT2D eigenvalue weighted by Gasteiger charge is -2.43. The van der Waals surface area contributed by atoms with Crippen LogP contribution in [0.3, 0.4) is 0 Å². The summed E-state index contributed by atoms with van der Waals surface area (Å²) < 4.78 is 17.7. The lowest BCUT2D eigenvalue weighted by molar-refractivity contribution is -0.00461. The molecular formula is C29H40N2O3. The van der Waals surface area contributed by atoms with Gasteiger partial charge in [0.15, 0.2) is 0 Å². The second-order valence-electron chi connectivity index (χ2n) is 9.68. The number of likely N-dealkylation sites (tertiary alicyclic amines) is 1. The van der Waals surface area contributed by atoms with Gasteiger partial charge in [-0.2, -0.15) is 0 Å². The van der Waals surface area contributed by atoms with Gasteiger partial charge in [-0.1, -0.05) is 54.1 Å². The fourth-order valence-electron chi connectivity index (χ4n) is 5.35. The van der Waals surface area contributed by atoms with Crippen LogP contribution in [0.2, 0.25) is 0 Å². The maximum atomic E-state index is 6.22. The maximum Gasteiger partial charge on any atom is 0.0971 e. The van der Waals surface area contributed by atoms with E-state index in [1.807, 2.05) is 0 Å². The molecule has 0 bridgehead atoms. The zero-order valence-corrected chi connectivity index (χ0v) is 21.0. The number of anilines is 1. The summed E-state index contributed by atoms with van der Waals surface area (Å²) in [5.74, 6) is 0. The van der Waals surface area contributed by atoms with Crippen molar-refractivity contribution in [2.24, 2.45) is 0 Å². The van der Waals surface area contributed by atoms with E-state index < -0.39 is 0 Å². The van der Waals surface area contributed by atoms with Crippen LogP contribution in [0.4, 0.5) is 5.69 Å². The first-order chi connectivity index (χ1) is 16.6. The van der Waals surface area contributed by atoms with Gasteiger partial charge in [0.05, 0.1) is 37.5 Å². The van der Waals surface area contributed by atoms with Crippen LogP contribution in [-0.2, 0) is 20.6 Å². The standard InChI is InChI=1S/C29H40N2O3/c1-22(2)16-17-34-21-25(30-19-28(32-3)29(20-30)33-4)18-31-26-13-9-8-12-24(26)14-15-27(31)23-10-6-5-7-11-23/h5-13,25,27-29H,1,14-21H2,2-4H3. The molecule has 0 saturated carbocycles. The van der Waals surface area contributed by atoms with Crippen LogP contribution in [0, 0.1) is 0 Å². The van der Waals surface area contributed by atoms with Crippen molar-refractivity contribution in [3.63, 3.8) is 0 Å². The maximum absolute atomic E-state index is 6.22. The number of para-hydroxylation sites is 1. The van der Waals surface area contributed by atoms with Crippen molar-refractivity contribution in [3.05, 3.63) is 77.9 Å². The summed E-state index contributed by atoms with van der Waals surface area (Å²) in [4.78, 5) is 5.12. The molecule has 5 nitrogen and oxygen atoms in total. The molecule has 0 aromatic heterocycles. The van der Waals surface area contributed by atoms with Gasteiger partial charge in [-0.15, -0.1) is 6.58 Å². The lowest BCUT2D eigenvalue weighted by atomic mass is 9.90. The van der Waals surface area contributed by atoms with E-state index >= 15 is 0 Å². The largest absolute Gasteiger partial charge is 0.379 e. The van der Waals surface area contributed by atoms with Crippen LogP contribution in [0.15, 0.2) is 66.7 Å². The van der Waals surface area contributed by atoms with Gasteiger partial charge < -0.3 is 19.1 Å². The fourth-order valence-corrected chi connectivity index (χ4v) is 5.35. The van der Waals surface area contributed by atoms with Gasteiger partial charge in [0.2, 0.25) is 0 Å². The fraction of sp³-hybridized carbons (Fsp3) is 0.517. The zero-order valence-electron chi connectivity index (χ0n) is 21.0. The molecule has 0 spiro atoms. The molecule has 1 fully saturated rings. The van der Waals surface area contributed by atoms with Gasteiger partial charge in [0.25, 0.3) is 0 Å². The van der Waals surface area contributed by atoms with Gasteiger partial charge in [-0.25, -0.2) is 0 Å². The minimum absolute atomic E-state index is 0.0847. The first kappa shape index (κ1) is 24.9. The minimum Gasteiger partial charge on any atom is -0.379 e. The Morgan fingerprint density at radius 3 is 2.35 bits per heavy atom. The summed E-state index contributed by atoms with van der Waals surface area (Å²) in [5, 5.41) is 0. The summed E-state index contributed by atoms with van der Waals surface area (Å²) in [6.07, 6.45) is 3.29. The monoisotopic (exact) mass is 464 g/mol. The third kappa shape index (κ3) is 5.89. The lowest BCUT2D eigenvalue weighted by Crippen LogP contribution is -2.48. The number of benzene rings is 2. The number of hydrogen-bond donors (Lipinski definition) is 0. The molecule has 4 rings (SSSR count). The molecular weight excluding hydrogens is 424 g/mol. The van der Waals surface area contributed by atoms with Crippen LogP contribution in [0.1, 0.15) is 36.9 Å². The smallest absolute Gasteiger partial charge is 0.0971 e. The molecule has 0 N–H and O–H groups in total. The molecule has 1 saturated heterocycles. The summed E-state index contributed by atoms with van der Waals surface area (Å²) >= 11 is 0. The van der Waals surface area contributed by atoms with Gasteiger partial charge in [-0.05, 0) is 43.4 Å². The van der Waals surface area contributed by atoms with E-state index in [9.17, 15) is 0 Å². The molecule has 184 valence electrons. The molecule has 4 unspecified atom stereocenters. The van der Waals surface area contributed by atoms with E-state index in [4.69, 9.17) is 14.2 Å². The highest BCUT2D eigenvalue weighted by molar-refractivity contribution is 5.58. The quantitative estimate of drug-likeness (QED) is 0.350.